The third-order valence-electron chi connectivity index (χ3n) is 3.55. The Morgan fingerprint density at radius 1 is 1.41 bits per heavy atom. The first-order valence-electron chi connectivity index (χ1n) is 7.23. The van der Waals surface area contributed by atoms with Crippen molar-refractivity contribution in [1.29, 1.82) is 0 Å². The third-order valence-corrected chi connectivity index (χ3v) is 3.78. The summed E-state index contributed by atoms with van der Waals surface area (Å²) in [6, 6.07) is 4.05. The van der Waals surface area contributed by atoms with Gasteiger partial charge in [-0.1, -0.05) is 11.6 Å². The maximum Gasteiger partial charge on any atom is 0.283 e. The first-order chi connectivity index (χ1) is 10.6. The van der Waals surface area contributed by atoms with Crippen LogP contribution in [0, 0.1) is 10.1 Å². The first-order valence-corrected chi connectivity index (χ1v) is 7.61. The highest BCUT2D eigenvalue weighted by Crippen LogP contribution is 2.23. The first kappa shape index (κ1) is 16.7. The van der Waals surface area contributed by atoms with E-state index in [-0.39, 0.29) is 16.3 Å². The summed E-state index contributed by atoms with van der Waals surface area (Å²) in [5.74, 6) is -0.441. The standard InChI is InChI=1S/C14H19ClN4O3/c15-11-2-3-12(13(10-11)19(21)22)14(20)17-4-1-7-18-8-5-16-6-9-18/h2-3,10,16H,1,4-9H2,(H,17,20). The van der Waals surface area contributed by atoms with Gasteiger partial charge >= 0.3 is 0 Å². The van der Waals surface area contributed by atoms with Gasteiger partial charge in [0.15, 0.2) is 0 Å². The summed E-state index contributed by atoms with van der Waals surface area (Å²) in [5.41, 5.74) is -0.233. The Hall–Kier alpha value is -1.70. The van der Waals surface area contributed by atoms with Crippen molar-refractivity contribution in [3.8, 4) is 0 Å². The van der Waals surface area contributed by atoms with Crippen LogP contribution in [-0.2, 0) is 0 Å². The van der Waals surface area contributed by atoms with Crippen LogP contribution in [0.25, 0.3) is 0 Å². The molecule has 0 bridgehead atoms. The summed E-state index contributed by atoms with van der Waals surface area (Å²) in [6.45, 7) is 5.40. The molecule has 2 N–H and O–H groups in total. The second kappa shape index (κ2) is 8.07. The monoisotopic (exact) mass is 326 g/mol. The summed E-state index contributed by atoms with van der Waals surface area (Å²) in [4.78, 5) is 24.8. The quantitative estimate of drug-likeness (QED) is 0.467. The number of nitrogens with one attached hydrogen (secondary N) is 2. The molecular weight excluding hydrogens is 308 g/mol. The lowest BCUT2D eigenvalue weighted by atomic mass is 10.1. The summed E-state index contributed by atoms with van der Waals surface area (Å²) in [5, 5.41) is 17.2. The number of nitrogens with zero attached hydrogens (tertiary/aromatic N) is 2. The number of piperazine rings is 1. The van der Waals surface area contributed by atoms with Crippen LogP contribution in [-0.4, -0.2) is 55.0 Å². The minimum Gasteiger partial charge on any atom is -0.352 e. The lowest BCUT2D eigenvalue weighted by molar-refractivity contribution is -0.385. The van der Waals surface area contributed by atoms with Crippen LogP contribution >= 0.6 is 11.6 Å². The molecule has 0 spiro atoms. The largest absolute Gasteiger partial charge is 0.352 e. The minimum absolute atomic E-state index is 0.0385. The van der Waals surface area contributed by atoms with E-state index in [4.69, 9.17) is 11.6 Å². The van der Waals surface area contributed by atoms with Crippen molar-refractivity contribution < 1.29 is 9.72 Å². The summed E-state index contributed by atoms with van der Waals surface area (Å²) < 4.78 is 0. The molecule has 120 valence electrons. The van der Waals surface area contributed by atoms with Gasteiger partial charge in [0.05, 0.1) is 4.92 Å². The topological polar surface area (TPSA) is 87.5 Å². The Labute approximate surface area is 133 Å². The van der Waals surface area contributed by atoms with E-state index in [2.05, 4.69) is 15.5 Å². The van der Waals surface area contributed by atoms with Crippen LogP contribution in [0.2, 0.25) is 5.02 Å². The molecule has 0 aliphatic carbocycles. The molecule has 7 nitrogen and oxygen atoms in total. The Morgan fingerprint density at radius 2 is 2.14 bits per heavy atom. The van der Waals surface area contributed by atoms with E-state index in [0.29, 0.717) is 6.54 Å². The van der Waals surface area contributed by atoms with Crippen molar-refractivity contribution in [3.63, 3.8) is 0 Å². The molecule has 1 aromatic carbocycles. The number of nitro benzene ring substituents is 1. The molecule has 1 heterocycles. The number of carbonyl (C=O) groups excluding carboxylic acids is 1. The van der Waals surface area contributed by atoms with Gasteiger partial charge in [-0.05, 0) is 25.1 Å². The lowest BCUT2D eigenvalue weighted by Gasteiger charge is -2.27. The van der Waals surface area contributed by atoms with Crippen molar-refractivity contribution in [2.45, 2.75) is 6.42 Å². The zero-order chi connectivity index (χ0) is 15.9. The van der Waals surface area contributed by atoms with Gasteiger partial charge in [0.25, 0.3) is 11.6 Å². The van der Waals surface area contributed by atoms with E-state index >= 15 is 0 Å². The summed E-state index contributed by atoms with van der Waals surface area (Å²) >= 11 is 5.73. The van der Waals surface area contributed by atoms with Gasteiger partial charge in [0.2, 0.25) is 0 Å². The highest BCUT2D eigenvalue weighted by molar-refractivity contribution is 6.31. The second-order valence-corrected chi connectivity index (χ2v) is 5.56. The number of hydrogen-bond donors (Lipinski definition) is 2. The van der Waals surface area contributed by atoms with Crippen LogP contribution in [0.15, 0.2) is 18.2 Å². The predicted octanol–water partition coefficient (Wildman–Crippen LogP) is 1.27. The normalized spacial score (nSPS) is 15.5. The molecule has 0 aromatic heterocycles. The third kappa shape index (κ3) is 4.66. The molecule has 0 unspecified atom stereocenters. The van der Waals surface area contributed by atoms with Crippen molar-refractivity contribution >= 4 is 23.2 Å². The lowest BCUT2D eigenvalue weighted by Crippen LogP contribution is -2.44. The number of amides is 1. The highest BCUT2D eigenvalue weighted by Gasteiger charge is 2.20. The molecule has 1 fully saturated rings. The van der Waals surface area contributed by atoms with Gasteiger partial charge in [-0.3, -0.25) is 14.9 Å². The number of nitro groups is 1. The van der Waals surface area contributed by atoms with Crippen molar-refractivity contribution in [1.82, 2.24) is 15.5 Å². The molecule has 1 aromatic rings. The SMILES string of the molecule is O=C(NCCCN1CCNCC1)c1ccc(Cl)cc1[N+](=O)[O-]. The smallest absolute Gasteiger partial charge is 0.283 e. The van der Waals surface area contributed by atoms with Crippen LogP contribution in [0.1, 0.15) is 16.8 Å². The van der Waals surface area contributed by atoms with E-state index in [1.54, 1.807) is 0 Å². The molecule has 1 aliphatic heterocycles. The van der Waals surface area contributed by atoms with E-state index < -0.39 is 10.8 Å². The van der Waals surface area contributed by atoms with Gasteiger partial charge in [0.1, 0.15) is 5.56 Å². The van der Waals surface area contributed by atoms with Crippen LogP contribution in [0.5, 0.6) is 0 Å². The van der Waals surface area contributed by atoms with Crippen LogP contribution in [0.3, 0.4) is 0 Å². The van der Waals surface area contributed by atoms with Gasteiger partial charge in [-0.25, -0.2) is 0 Å². The molecule has 1 aliphatic rings. The average molecular weight is 327 g/mol. The van der Waals surface area contributed by atoms with E-state index in [1.807, 2.05) is 0 Å². The van der Waals surface area contributed by atoms with Crippen LogP contribution < -0.4 is 10.6 Å². The molecule has 1 amide bonds. The fourth-order valence-electron chi connectivity index (χ4n) is 2.38. The molecular formula is C14H19ClN4O3. The van der Waals surface area contributed by atoms with E-state index in [1.165, 1.54) is 18.2 Å². The van der Waals surface area contributed by atoms with Crippen molar-refractivity contribution in [2.75, 3.05) is 39.3 Å². The van der Waals surface area contributed by atoms with Crippen molar-refractivity contribution in [3.05, 3.63) is 38.9 Å². The molecule has 2 rings (SSSR count). The van der Waals surface area contributed by atoms with Gasteiger partial charge < -0.3 is 15.5 Å². The zero-order valence-electron chi connectivity index (χ0n) is 12.2. The number of halogens is 1. The Balaban J connectivity index is 1.83. The molecule has 0 atom stereocenters. The maximum atomic E-state index is 12.1. The van der Waals surface area contributed by atoms with Gasteiger partial charge in [-0.15, -0.1) is 0 Å². The number of carbonyl (C=O) groups is 1. The average Bonchev–Trinajstić information content (AvgIpc) is 2.52. The minimum atomic E-state index is -0.596. The molecule has 8 heteroatoms. The number of benzene rings is 1. The van der Waals surface area contributed by atoms with E-state index in [0.717, 1.165) is 39.1 Å². The Kier molecular flexibility index (Phi) is 6.11. The summed E-state index contributed by atoms with van der Waals surface area (Å²) in [6.07, 6.45) is 0.813. The molecule has 0 radical (unpaired) electrons. The fraction of sp³-hybridized carbons (Fsp3) is 0.500. The zero-order valence-corrected chi connectivity index (χ0v) is 12.9. The van der Waals surface area contributed by atoms with Gasteiger partial charge in [-0.2, -0.15) is 0 Å². The Morgan fingerprint density at radius 3 is 2.82 bits per heavy atom. The van der Waals surface area contributed by atoms with Crippen molar-refractivity contribution in [2.24, 2.45) is 0 Å². The number of rotatable bonds is 6. The predicted molar refractivity (Wildman–Crippen MR) is 84.4 cm³/mol. The molecule has 1 saturated heterocycles. The molecule has 0 saturated carbocycles. The van der Waals surface area contributed by atoms with Gasteiger partial charge in [0, 0.05) is 43.8 Å². The number of hydrogen-bond acceptors (Lipinski definition) is 5. The molecule has 22 heavy (non-hydrogen) atoms. The summed E-state index contributed by atoms with van der Waals surface area (Å²) in [7, 11) is 0. The maximum absolute atomic E-state index is 12.1. The fourth-order valence-corrected chi connectivity index (χ4v) is 2.55. The second-order valence-electron chi connectivity index (χ2n) is 5.12. The highest BCUT2D eigenvalue weighted by atomic mass is 35.5. The van der Waals surface area contributed by atoms with E-state index in [9.17, 15) is 14.9 Å². The Bertz CT molecular complexity index is 547. The van der Waals surface area contributed by atoms with Crippen LogP contribution in [0.4, 0.5) is 5.69 Å².